The Morgan fingerprint density at radius 2 is 2.04 bits per heavy atom. The summed E-state index contributed by atoms with van der Waals surface area (Å²) < 4.78 is 15.3. The van der Waals surface area contributed by atoms with Gasteiger partial charge in [-0.1, -0.05) is 6.07 Å². The molecule has 2 aromatic rings. The number of ether oxygens (including phenoxy) is 3. The second-order valence-corrected chi connectivity index (χ2v) is 6.33. The summed E-state index contributed by atoms with van der Waals surface area (Å²) >= 11 is 1.55. The van der Waals surface area contributed by atoms with Crippen molar-refractivity contribution in [3.05, 3.63) is 52.2 Å². The molecule has 0 spiro atoms. The largest absolute Gasteiger partial charge is 0.497 e. The molecule has 1 amide bonds. The third kappa shape index (κ3) is 5.63. The minimum Gasteiger partial charge on any atom is -0.497 e. The number of methoxy groups -OCH3 is 2. The monoisotopic (exact) mass is 375 g/mol. The van der Waals surface area contributed by atoms with Crippen LogP contribution in [0.5, 0.6) is 11.5 Å². The van der Waals surface area contributed by atoms with E-state index in [1.807, 2.05) is 24.4 Å². The van der Waals surface area contributed by atoms with Crippen molar-refractivity contribution < 1.29 is 23.8 Å². The molecule has 0 saturated carbocycles. The lowest BCUT2D eigenvalue weighted by molar-refractivity contribution is -0.144. The summed E-state index contributed by atoms with van der Waals surface area (Å²) in [5.74, 6) is 0.263. The van der Waals surface area contributed by atoms with Gasteiger partial charge in [0.15, 0.2) is 6.61 Å². The second-order valence-electron chi connectivity index (χ2n) is 5.35. The van der Waals surface area contributed by atoms with Crippen LogP contribution in [0.2, 0.25) is 0 Å². The first-order valence-corrected chi connectivity index (χ1v) is 8.81. The Morgan fingerprint density at radius 3 is 2.69 bits per heavy atom. The predicted molar refractivity (Wildman–Crippen MR) is 100 cm³/mol. The second kappa shape index (κ2) is 9.62. The summed E-state index contributed by atoms with van der Waals surface area (Å²) in [6.07, 6.45) is 2.79. The van der Waals surface area contributed by atoms with E-state index in [9.17, 15) is 9.59 Å². The highest BCUT2D eigenvalue weighted by atomic mass is 32.1. The topological polar surface area (TPSA) is 73.9 Å². The number of benzene rings is 1. The molecule has 1 aromatic carbocycles. The van der Waals surface area contributed by atoms with Gasteiger partial charge < -0.3 is 19.5 Å². The smallest absolute Gasteiger partial charge is 0.331 e. The van der Waals surface area contributed by atoms with Crippen LogP contribution in [0.3, 0.4) is 0 Å². The van der Waals surface area contributed by atoms with Crippen molar-refractivity contribution in [3.63, 3.8) is 0 Å². The summed E-state index contributed by atoms with van der Waals surface area (Å²) in [5, 5.41) is 4.72. The van der Waals surface area contributed by atoms with Crippen LogP contribution in [0, 0.1) is 0 Å². The van der Waals surface area contributed by atoms with Crippen molar-refractivity contribution in [2.75, 3.05) is 20.8 Å². The van der Waals surface area contributed by atoms with Gasteiger partial charge in [-0.25, -0.2) is 4.79 Å². The number of esters is 1. The first kappa shape index (κ1) is 19.5. The van der Waals surface area contributed by atoms with Crippen LogP contribution < -0.4 is 14.8 Å². The van der Waals surface area contributed by atoms with E-state index in [4.69, 9.17) is 14.2 Å². The number of carbonyl (C=O) groups excluding carboxylic acids is 2. The zero-order valence-corrected chi connectivity index (χ0v) is 15.7. The van der Waals surface area contributed by atoms with E-state index in [-0.39, 0.29) is 18.6 Å². The molecule has 0 fully saturated rings. The van der Waals surface area contributed by atoms with Crippen molar-refractivity contribution in [1.82, 2.24) is 5.32 Å². The molecule has 1 heterocycles. The highest BCUT2D eigenvalue weighted by molar-refractivity contribution is 7.10. The molecule has 1 N–H and O–H groups in total. The SMILES string of the molecule is COc1ccc(OC)c(/C=C/C(=O)OCC(=O)N[C@H](C)c2cccs2)c1. The summed E-state index contributed by atoms with van der Waals surface area (Å²) in [6.45, 7) is 1.54. The van der Waals surface area contributed by atoms with Crippen molar-refractivity contribution in [2.45, 2.75) is 13.0 Å². The van der Waals surface area contributed by atoms with Gasteiger partial charge in [0.1, 0.15) is 11.5 Å². The number of rotatable bonds is 8. The fourth-order valence-corrected chi connectivity index (χ4v) is 2.94. The first-order chi connectivity index (χ1) is 12.5. The van der Waals surface area contributed by atoms with Crippen LogP contribution in [0.1, 0.15) is 23.4 Å². The first-order valence-electron chi connectivity index (χ1n) is 7.93. The van der Waals surface area contributed by atoms with E-state index in [0.29, 0.717) is 17.1 Å². The van der Waals surface area contributed by atoms with Crippen LogP contribution in [0.4, 0.5) is 0 Å². The zero-order valence-electron chi connectivity index (χ0n) is 14.9. The third-order valence-corrected chi connectivity index (χ3v) is 4.58. The molecule has 6 nitrogen and oxygen atoms in total. The molecule has 0 aliphatic rings. The van der Waals surface area contributed by atoms with Crippen LogP contribution >= 0.6 is 11.3 Å². The van der Waals surface area contributed by atoms with Crippen LogP contribution in [0.15, 0.2) is 41.8 Å². The number of nitrogens with one attached hydrogen (secondary N) is 1. The maximum Gasteiger partial charge on any atom is 0.331 e. The molecular formula is C19H21NO5S. The molecule has 0 aliphatic heterocycles. The lowest BCUT2D eigenvalue weighted by Gasteiger charge is -2.11. The Balaban J connectivity index is 1.86. The molecule has 0 aliphatic carbocycles. The third-order valence-electron chi connectivity index (χ3n) is 3.53. The summed E-state index contributed by atoms with van der Waals surface area (Å²) in [4.78, 5) is 24.7. The van der Waals surface area contributed by atoms with Gasteiger partial charge in [-0.15, -0.1) is 11.3 Å². The Hall–Kier alpha value is -2.80. The van der Waals surface area contributed by atoms with Gasteiger partial charge in [0.25, 0.3) is 5.91 Å². The van der Waals surface area contributed by atoms with Gasteiger partial charge >= 0.3 is 5.97 Å². The highest BCUT2D eigenvalue weighted by Crippen LogP contribution is 2.25. The van der Waals surface area contributed by atoms with Gasteiger partial charge in [0.05, 0.1) is 20.3 Å². The average Bonchev–Trinajstić information content (AvgIpc) is 3.19. The average molecular weight is 375 g/mol. The van der Waals surface area contributed by atoms with Crippen molar-refractivity contribution >= 4 is 29.3 Å². The number of carbonyl (C=O) groups is 2. The van der Waals surface area contributed by atoms with Crippen molar-refractivity contribution in [1.29, 1.82) is 0 Å². The number of thiophene rings is 1. The molecule has 2 rings (SSSR count). The number of amides is 1. The fraction of sp³-hybridized carbons (Fsp3) is 0.263. The minimum absolute atomic E-state index is 0.127. The molecule has 7 heteroatoms. The molecular weight excluding hydrogens is 354 g/mol. The van der Waals surface area contributed by atoms with E-state index < -0.39 is 5.97 Å². The van der Waals surface area contributed by atoms with Gasteiger partial charge in [-0.05, 0) is 42.6 Å². The van der Waals surface area contributed by atoms with Crippen LogP contribution in [-0.4, -0.2) is 32.7 Å². The maximum absolute atomic E-state index is 11.9. The lowest BCUT2D eigenvalue weighted by Crippen LogP contribution is -2.30. The van der Waals surface area contributed by atoms with E-state index in [1.54, 1.807) is 42.7 Å². The van der Waals surface area contributed by atoms with Crippen molar-refractivity contribution in [3.8, 4) is 11.5 Å². The van der Waals surface area contributed by atoms with Gasteiger partial charge in [-0.3, -0.25) is 4.79 Å². The van der Waals surface area contributed by atoms with E-state index in [0.717, 1.165) is 4.88 Å². The van der Waals surface area contributed by atoms with E-state index >= 15 is 0 Å². The number of hydrogen-bond donors (Lipinski definition) is 1. The zero-order chi connectivity index (χ0) is 18.9. The van der Waals surface area contributed by atoms with E-state index in [1.165, 1.54) is 13.2 Å². The van der Waals surface area contributed by atoms with Crippen LogP contribution in [-0.2, 0) is 14.3 Å². The molecule has 0 unspecified atom stereocenters. The Morgan fingerprint density at radius 1 is 1.23 bits per heavy atom. The molecule has 0 bridgehead atoms. The summed E-state index contributed by atoms with van der Waals surface area (Å²) in [6, 6.07) is 8.96. The Bertz CT molecular complexity index is 770. The highest BCUT2D eigenvalue weighted by Gasteiger charge is 2.11. The quantitative estimate of drug-likeness (QED) is 0.567. The van der Waals surface area contributed by atoms with Crippen LogP contribution in [0.25, 0.3) is 6.08 Å². The molecule has 1 atom stereocenters. The summed E-state index contributed by atoms with van der Waals surface area (Å²) in [7, 11) is 3.09. The molecule has 1 aromatic heterocycles. The van der Waals surface area contributed by atoms with Crippen molar-refractivity contribution in [2.24, 2.45) is 0 Å². The van der Waals surface area contributed by atoms with E-state index in [2.05, 4.69) is 5.32 Å². The molecule has 138 valence electrons. The van der Waals surface area contributed by atoms with Gasteiger partial charge in [0, 0.05) is 16.5 Å². The fourth-order valence-electron chi connectivity index (χ4n) is 2.20. The van der Waals surface area contributed by atoms with Gasteiger partial charge in [-0.2, -0.15) is 0 Å². The Labute approximate surface area is 156 Å². The molecule has 0 radical (unpaired) electrons. The standard InChI is InChI=1S/C19H21NO5S/c1-13(17-5-4-10-26-17)20-18(21)12-25-19(22)9-6-14-11-15(23-2)7-8-16(14)24-3/h4-11,13H,12H2,1-3H3,(H,20,21)/b9-6+/t13-/m1/s1. The minimum atomic E-state index is -0.617. The lowest BCUT2D eigenvalue weighted by atomic mass is 10.1. The normalized spacial score (nSPS) is 11.8. The van der Waals surface area contributed by atoms with Gasteiger partial charge in [0.2, 0.25) is 0 Å². The molecule has 0 saturated heterocycles. The molecule has 26 heavy (non-hydrogen) atoms. The summed E-state index contributed by atoms with van der Waals surface area (Å²) in [5.41, 5.74) is 0.666. The maximum atomic E-state index is 11.9. The Kier molecular flexibility index (Phi) is 7.23. The predicted octanol–water partition coefficient (Wildman–Crippen LogP) is 3.20. The number of hydrogen-bond acceptors (Lipinski definition) is 6.